The van der Waals surface area contributed by atoms with Crippen molar-refractivity contribution in [3.63, 3.8) is 0 Å². The Morgan fingerprint density at radius 1 is 1.22 bits per heavy atom. The number of hydrogen-bond acceptors (Lipinski definition) is 2. The van der Waals surface area contributed by atoms with Gasteiger partial charge in [0, 0.05) is 17.7 Å². The molecule has 118 valence electrons. The first-order valence-corrected chi connectivity index (χ1v) is 7.72. The highest BCUT2D eigenvalue weighted by Gasteiger charge is 2.48. The van der Waals surface area contributed by atoms with Gasteiger partial charge in [-0.1, -0.05) is 6.07 Å². The summed E-state index contributed by atoms with van der Waals surface area (Å²) in [5, 5.41) is 3.65. The van der Waals surface area contributed by atoms with Gasteiger partial charge in [0.1, 0.15) is 17.4 Å². The predicted octanol–water partition coefficient (Wildman–Crippen LogP) is 3.90. The van der Waals surface area contributed by atoms with Crippen molar-refractivity contribution < 1.29 is 13.5 Å². The quantitative estimate of drug-likeness (QED) is 0.801. The summed E-state index contributed by atoms with van der Waals surface area (Å²) in [5.74, 6) is -0.0351. The third kappa shape index (κ3) is 2.25. The van der Waals surface area contributed by atoms with Gasteiger partial charge in [0.15, 0.2) is 10.8 Å². The Morgan fingerprint density at radius 3 is 2.78 bits per heavy atom. The number of benzene rings is 2. The first kappa shape index (κ1) is 14.4. The molecule has 6 heteroatoms. The molecule has 0 aliphatic carbocycles. The first-order chi connectivity index (χ1) is 11.0. The van der Waals surface area contributed by atoms with E-state index in [2.05, 4.69) is 5.32 Å². The van der Waals surface area contributed by atoms with E-state index in [-0.39, 0.29) is 17.7 Å². The molecule has 1 fully saturated rings. The maximum atomic E-state index is 13.6. The molecular formula is C17H14F2N2OS. The molecule has 2 aliphatic heterocycles. The van der Waals surface area contributed by atoms with Gasteiger partial charge in [-0.15, -0.1) is 0 Å². The average Bonchev–Trinajstić information content (AvgIpc) is 2.47. The molecule has 2 aromatic rings. The van der Waals surface area contributed by atoms with Gasteiger partial charge in [-0.05, 0) is 55.5 Å². The maximum absolute atomic E-state index is 13.6. The van der Waals surface area contributed by atoms with Gasteiger partial charge < -0.3 is 10.1 Å². The van der Waals surface area contributed by atoms with E-state index in [4.69, 9.17) is 17.0 Å². The monoisotopic (exact) mass is 332 g/mol. The Kier molecular flexibility index (Phi) is 3.06. The lowest BCUT2D eigenvalue weighted by Crippen LogP contribution is -2.65. The van der Waals surface area contributed by atoms with Gasteiger partial charge >= 0.3 is 0 Å². The summed E-state index contributed by atoms with van der Waals surface area (Å²) in [6.07, 6.45) is 0.570. The molecule has 0 radical (unpaired) electrons. The summed E-state index contributed by atoms with van der Waals surface area (Å²) in [7, 11) is 0. The van der Waals surface area contributed by atoms with Crippen LogP contribution in [0, 0.1) is 11.6 Å². The fraction of sp³-hybridized carbons (Fsp3) is 0.235. The van der Waals surface area contributed by atoms with Gasteiger partial charge in [-0.3, -0.25) is 4.90 Å². The van der Waals surface area contributed by atoms with Crippen molar-refractivity contribution in [1.29, 1.82) is 0 Å². The smallest absolute Gasteiger partial charge is 0.188 e. The number of nitrogens with one attached hydrogen (secondary N) is 1. The van der Waals surface area contributed by atoms with Crippen molar-refractivity contribution in [2.75, 3.05) is 4.90 Å². The molecular weight excluding hydrogens is 318 g/mol. The zero-order valence-electron chi connectivity index (χ0n) is 12.3. The zero-order chi connectivity index (χ0) is 16.2. The van der Waals surface area contributed by atoms with E-state index in [1.165, 1.54) is 24.3 Å². The fourth-order valence-electron chi connectivity index (χ4n) is 3.35. The van der Waals surface area contributed by atoms with Crippen LogP contribution < -0.4 is 15.0 Å². The van der Waals surface area contributed by atoms with Gasteiger partial charge in [-0.2, -0.15) is 0 Å². The molecule has 4 rings (SSSR count). The second-order valence-corrected chi connectivity index (χ2v) is 6.37. The highest BCUT2D eigenvalue weighted by atomic mass is 32.1. The highest BCUT2D eigenvalue weighted by molar-refractivity contribution is 7.80. The maximum Gasteiger partial charge on any atom is 0.188 e. The van der Waals surface area contributed by atoms with E-state index in [1.807, 2.05) is 6.92 Å². The van der Waals surface area contributed by atoms with Crippen LogP contribution in [0.3, 0.4) is 0 Å². The Balaban J connectivity index is 1.81. The summed E-state index contributed by atoms with van der Waals surface area (Å²) in [5.41, 5.74) is 0.615. The number of ether oxygens (including phenoxy) is 1. The molecule has 2 aromatic carbocycles. The molecule has 0 spiro atoms. The van der Waals surface area contributed by atoms with Crippen LogP contribution >= 0.6 is 12.2 Å². The van der Waals surface area contributed by atoms with E-state index in [0.717, 1.165) is 5.56 Å². The SMILES string of the molecule is CC12CC(NC(=S)N1c1cccc(F)c1)c1cc(F)ccc1O2. The number of anilines is 1. The van der Waals surface area contributed by atoms with Crippen LogP contribution in [0.1, 0.15) is 24.9 Å². The fourth-order valence-corrected chi connectivity index (χ4v) is 3.79. The largest absolute Gasteiger partial charge is 0.467 e. The number of hydrogen-bond donors (Lipinski definition) is 1. The van der Waals surface area contributed by atoms with Crippen LogP contribution in [0.4, 0.5) is 14.5 Å². The normalized spacial score (nSPS) is 25.4. The molecule has 3 nitrogen and oxygen atoms in total. The Bertz CT molecular complexity index is 813. The third-order valence-electron chi connectivity index (χ3n) is 4.30. The van der Waals surface area contributed by atoms with Crippen molar-refractivity contribution in [1.82, 2.24) is 5.32 Å². The summed E-state index contributed by atoms with van der Waals surface area (Å²) in [6.45, 7) is 1.91. The van der Waals surface area contributed by atoms with Crippen molar-refractivity contribution in [2.24, 2.45) is 0 Å². The van der Waals surface area contributed by atoms with Gasteiger partial charge in [-0.25, -0.2) is 8.78 Å². The van der Waals surface area contributed by atoms with Gasteiger partial charge in [0.2, 0.25) is 0 Å². The highest BCUT2D eigenvalue weighted by Crippen LogP contribution is 2.45. The summed E-state index contributed by atoms with van der Waals surface area (Å²) < 4.78 is 33.3. The number of nitrogens with zero attached hydrogens (tertiary/aromatic N) is 1. The molecule has 23 heavy (non-hydrogen) atoms. The Hall–Kier alpha value is -2.21. The van der Waals surface area contributed by atoms with E-state index < -0.39 is 5.72 Å². The lowest BCUT2D eigenvalue weighted by molar-refractivity contribution is 0.0495. The Morgan fingerprint density at radius 2 is 2.00 bits per heavy atom. The average molecular weight is 332 g/mol. The molecule has 0 saturated carbocycles. The minimum absolute atomic E-state index is 0.128. The number of halogens is 2. The van der Waals surface area contributed by atoms with Crippen molar-refractivity contribution in [2.45, 2.75) is 25.1 Å². The molecule has 1 saturated heterocycles. The number of fused-ring (bicyclic) bond motifs is 4. The van der Waals surface area contributed by atoms with E-state index in [1.54, 1.807) is 23.1 Å². The summed E-state index contributed by atoms with van der Waals surface area (Å²) >= 11 is 5.46. The van der Waals surface area contributed by atoms with Crippen LogP contribution in [0.5, 0.6) is 5.75 Å². The van der Waals surface area contributed by atoms with Gasteiger partial charge in [0.25, 0.3) is 0 Å². The predicted molar refractivity (Wildman–Crippen MR) is 87.4 cm³/mol. The lowest BCUT2D eigenvalue weighted by atomic mass is 9.90. The molecule has 2 heterocycles. The molecule has 0 aromatic heterocycles. The van der Waals surface area contributed by atoms with Crippen LogP contribution in [-0.4, -0.2) is 10.8 Å². The van der Waals surface area contributed by atoms with Crippen LogP contribution in [0.25, 0.3) is 0 Å². The summed E-state index contributed by atoms with van der Waals surface area (Å²) in [4.78, 5) is 1.77. The number of rotatable bonds is 1. The molecule has 1 N–H and O–H groups in total. The second kappa shape index (κ2) is 4.89. The summed E-state index contributed by atoms with van der Waals surface area (Å²) in [6, 6.07) is 10.5. The van der Waals surface area contributed by atoms with E-state index in [0.29, 0.717) is 23.0 Å². The number of thiocarbonyl (C=S) groups is 1. The van der Waals surface area contributed by atoms with Gasteiger partial charge in [0.05, 0.1) is 6.04 Å². The van der Waals surface area contributed by atoms with Crippen molar-refractivity contribution in [3.8, 4) is 5.75 Å². The Labute approximate surface area is 137 Å². The standard InChI is InChI=1S/C17H14F2N2OS/c1-17-9-14(13-8-11(19)5-6-15(13)22-17)20-16(23)21(17)12-4-2-3-10(18)7-12/h2-8,14H,9H2,1H3,(H,20,23). The lowest BCUT2D eigenvalue weighted by Gasteiger charge is -2.52. The van der Waals surface area contributed by atoms with Crippen molar-refractivity contribution in [3.05, 3.63) is 59.7 Å². The molecule has 0 amide bonds. The molecule has 2 unspecified atom stereocenters. The topological polar surface area (TPSA) is 24.5 Å². The first-order valence-electron chi connectivity index (χ1n) is 7.31. The molecule has 2 atom stereocenters. The van der Waals surface area contributed by atoms with E-state index in [9.17, 15) is 8.78 Å². The molecule has 2 aliphatic rings. The zero-order valence-corrected chi connectivity index (χ0v) is 13.2. The van der Waals surface area contributed by atoms with E-state index >= 15 is 0 Å². The third-order valence-corrected chi connectivity index (χ3v) is 4.60. The van der Waals surface area contributed by atoms with Crippen LogP contribution in [0.15, 0.2) is 42.5 Å². The minimum atomic E-state index is -0.758. The second-order valence-electron chi connectivity index (χ2n) is 5.98. The van der Waals surface area contributed by atoms with Crippen molar-refractivity contribution >= 4 is 23.0 Å². The molecule has 2 bridgehead atoms. The van der Waals surface area contributed by atoms with Crippen LogP contribution in [-0.2, 0) is 0 Å². The minimum Gasteiger partial charge on any atom is -0.467 e. The van der Waals surface area contributed by atoms with Crippen LogP contribution in [0.2, 0.25) is 0 Å².